The highest BCUT2D eigenvalue weighted by molar-refractivity contribution is 5.91. The summed E-state index contributed by atoms with van der Waals surface area (Å²) in [7, 11) is 5.41. The molecule has 0 radical (unpaired) electrons. The van der Waals surface area contributed by atoms with Gasteiger partial charge in [-0.05, 0) is 93.3 Å². The van der Waals surface area contributed by atoms with Crippen LogP contribution in [-0.4, -0.2) is 163 Å². The van der Waals surface area contributed by atoms with Gasteiger partial charge in [-0.1, -0.05) is 51.1 Å². The number of aliphatic hydroxyl groups is 2. The SMILES string of the molecule is CO[C@]1(C)C[C@H](O[C@H]2[C@H](C)[C@@H](OC3O[C@@H](C)C[C@@H](N(C)C)[C@@H]3O)[C@@](C)(OCCc3ccccc3)C[C@@H](C)C3=NCCN4C(=O)O[C@](C)([C@H](C)OC(=O)[C@@H]2C)[C@H]4[C@@H]3C)O[C@@H](C)C1O. The summed E-state index contributed by atoms with van der Waals surface area (Å²) in [6, 6.07) is 9.39. The minimum absolute atomic E-state index is 0.166. The lowest BCUT2D eigenvalue weighted by molar-refractivity contribution is -0.320. The van der Waals surface area contributed by atoms with Crippen LogP contribution >= 0.6 is 0 Å². The van der Waals surface area contributed by atoms with Gasteiger partial charge in [0.1, 0.15) is 18.3 Å². The highest BCUT2D eigenvalue weighted by Gasteiger charge is 2.60. The number of nitrogens with zero attached hydrogens (tertiary/aromatic N) is 3. The van der Waals surface area contributed by atoms with Crippen molar-refractivity contribution in [2.45, 2.75) is 179 Å². The van der Waals surface area contributed by atoms with E-state index < -0.39 is 95.9 Å². The highest BCUT2D eigenvalue weighted by atomic mass is 16.7. The maximum atomic E-state index is 14.7. The number of aliphatic imine (C=N–C) groups is 1. The van der Waals surface area contributed by atoms with Gasteiger partial charge in [0, 0.05) is 43.7 Å². The van der Waals surface area contributed by atoms with Crippen LogP contribution in [-0.2, 0) is 49.1 Å². The number of benzene rings is 1. The summed E-state index contributed by atoms with van der Waals surface area (Å²) in [6.07, 6.45) is -6.13. The number of methoxy groups -OCH3 is 1. The van der Waals surface area contributed by atoms with Crippen LogP contribution in [0.25, 0.3) is 0 Å². The smallest absolute Gasteiger partial charge is 0.410 e. The van der Waals surface area contributed by atoms with Crippen LogP contribution < -0.4 is 0 Å². The summed E-state index contributed by atoms with van der Waals surface area (Å²) in [4.78, 5) is 37.2. The number of aliphatic hydroxyl groups excluding tert-OH is 2. The molecule has 4 fully saturated rings. The monoisotopic (exact) mass is 874 g/mol. The zero-order chi connectivity index (χ0) is 45.5. The van der Waals surface area contributed by atoms with E-state index >= 15 is 0 Å². The van der Waals surface area contributed by atoms with Crippen LogP contribution in [0.2, 0.25) is 0 Å². The summed E-state index contributed by atoms with van der Waals surface area (Å²) in [5.74, 6) is -2.61. The molecule has 5 heterocycles. The predicted molar refractivity (Wildman–Crippen MR) is 232 cm³/mol. The van der Waals surface area contributed by atoms with E-state index in [1.54, 1.807) is 32.8 Å². The molecule has 1 amide bonds. The van der Waals surface area contributed by atoms with Crippen molar-refractivity contribution in [3.05, 3.63) is 35.9 Å². The molecule has 4 saturated heterocycles. The number of cyclic esters (lactones) is 1. The first-order valence-corrected chi connectivity index (χ1v) is 22.8. The molecular weight excluding hydrogens is 799 g/mol. The number of likely N-dealkylation sites (N-methyl/N-ethyl adjacent to an activating group) is 1. The lowest BCUT2D eigenvalue weighted by Crippen LogP contribution is -2.61. The molecule has 2 unspecified atom stereocenters. The molecule has 62 heavy (non-hydrogen) atoms. The van der Waals surface area contributed by atoms with Crippen molar-refractivity contribution in [2.24, 2.45) is 28.7 Å². The first kappa shape index (κ1) is 48.7. The predicted octanol–water partition coefficient (Wildman–Crippen LogP) is 5.02. The molecule has 0 aliphatic carbocycles. The molecule has 6 rings (SSSR count). The number of ether oxygens (including phenoxy) is 8. The molecular formula is C47H75N3O12. The summed E-state index contributed by atoms with van der Waals surface area (Å²) < 4.78 is 52.6. The highest BCUT2D eigenvalue weighted by Crippen LogP contribution is 2.45. The van der Waals surface area contributed by atoms with Crippen LogP contribution in [0.1, 0.15) is 94.1 Å². The van der Waals surface area contributed by atoms with Gasteiger partial charge < -0.3 is 53.0 Å². The number of carbonyl (C=O) groups is 2. The van der Waals surface area contributed by atoms with Crippen LogP contribution in [0.5, 0.6) is 0 Å². The Labute approximate surface area is 369 Å². The molecule has 15 heteroatoms. The second-order valence-electron chi connectivity index (χ2n) is 19.7. The Morgan fingerprint density at radius 1 is 0.919 bits per heavy atom. The van der Waals surface area contributed by atoms with Crippen molar-refractivity contribution in [1.82, 2.24) is 9.80 Å². The zero-order valence-corrected chi connectivity index (χ0v) is 39.3. The van der Waals surface area contributed by atoms with E-state index in [2.05, 4.69) is 26.0 Å². The topological polar surface area (TPSA) is 167 Å². The quantitative estimate of drug-likeness (QED) is 0.302. The van der Waals surface area contributed by atoms with Crippen molar-refractivity contribution < 1.29 is 57.7 Å². The van der Waals surface area contributed by atoms with Gasteiger partial charge in [0.15, 0.2) is 18.2 Å². The lowest BCUT2D eigenvalue weighted by atomic mass is 9.73. The van der Waals surface area contributed by atoms with E-state index in [0.29, 0.717) is 39.0 Å². The van der Waals surface area contributed by atoms with E-state index in [4.69, 9.17) is 42.9 Å². The fraction of sp³-hybridized carbons (Fsp3) is 0.809. The molecule has 2 bridgehead atoms. The van der Waals surface area contributed by atoms with Crippen molar-refractivity contribution in [1.29, 1.82) is 0 Å². The van der Waals surface area contributed by atoms with Crippen molar-refractivity contribution in [3.63, 3.8) is 0 Å². The molecule has 350 valence electrons. The Bertz CT molecular complexity index is 1720. The summed E-state index contributed by atoms with van der Waals surface area (Å²) >= 11 is 0. The third kappa shape index (κ3) is 9.77. The fourth-order valence-corrected chi connectivity index (χ4v) is 11.1. The molecule has 2 N–H and O–H groups in total. The van der Waals surface area contributed by atoms with E-state index in [0.717, 1.165) is 11.3 Å². The summed E-state index contributed by atoms with van der Waals surface area (Å²) in [6.45, 7) is 20.2. The molecule has 0 aromatic heterocycles. The van der Waals surface area contributed by atoms with Gasteiger partial charge >= 0.3 is 12.1 Å². The number of esters is 1. The molecule has 5 aliphatic heterocycles. The third-order valence-electron chi connectivity index (χ3n) is 14.8. The van der Waals surface area contributed by atoms with Crippen LogP contribution in [0.15, 0.2) is 35.3 Å². The Morgan fingerprint density at radius 2 is 1.61 bits per heavy atom. The molecule has 15 nitrogen and oxygen atoms in total. The molecule has 18 atom stereocenters. The van der Waals surface area contributed by atoms with Gasteiger partial charge in [0.2, 0.25) is 0 Å². The molecule has 0 saturated carbocycles. The number of fused-ring (bicyclic) bond motifs is 1. The normalized spacial score (nSPS) is 44.5. The standard InChI is InChI=1S/C47H75N3O12/c1-26-24-46(9,56-22-19-33-17-15-14-16-18-33)41(61-43-37(51)34(49(11)12)23-27(2)57-43)29(4)38(60-35-25-45(8,55-13)40(52)31(6)58-35)30(5)42(53)59-32(7)47(10)39-28(3)36(26)48-20-21-50(39)44(54)62-47/h14-18,26-32,34-35,37-41,43,51-52H,19-25H2,1-13H3/t26-,27+,28-,29+,30-,31+,32+,34-,35+,37+,38+,39-,40?,41-,43?,45-,46+,47-/m1/s1. The Morgan fingerprint density at radius 3 is 2.27 bits per heavy atom. The molecule has 0 spiro atoms. The van der Waals surface area contributed by atoms with E-state index in [-0.39, 0.29) is 30.4 Å². The van der Waals surface area contributed by atoms with Gasteiger partial charge in [0.05, 0.1) is 60.7 Å². The van der Waals surface area contributed by atoms with Crippen LogP contribution in [0.4, 0.5) is 4.79 Å². The Balaban J connectivity index is 1.50. The first-order valence-electron chi connectivity index (χ1n) is 22.8. The van der Waals surface area contributed by atoms with E-state index in [1.807, 2.05) is 71.8 Å². The number of rotatable bonds is 10. The van der Waals surface area contributed by atoms with Crippen molar-refractivity contribution >= 4 is 17.8 Å². The average molecular weight is 874 g/mol. The van der Waals surface area contributed by atoms with E-state index in [1.165, 1.54) is 0 Å². The number of hydrogen-bond acceptors (Lipinski definition) is 14. The van der Waals surface area contributed by atoms with Crippen molar-refractivity contribution in [3.8, 4) is 0 Å². The van der Waals surface area contributed by atoms with Gasteiger partial charge in [-0.3, -0.25) is 14.7 Å². The van der Waals surface area contributed by atoms with Crippen LogP contribution in [0, 0.1) is 23.7 Å². The van der Waals surface area contributed by atoms with Gasteiger partial charge in [-0.2, -0.15) is 0 Å². The number of hydrogen-bond donors (Lipinski definition) is 2. The Hall–Kier alpha value is -2.73. The first-order chi connectivity index (χ1) is 29.1. The van der Waals surface area contributed by atoms with Crippen molar-refractivity contribution in [2.75, 3.05) is 40.9 Å². The van der Waals surface area contributed by atoms with Crippen LogP contribution in [0.3, 0.4) is 0 Å². The minimum Gasteiger partial charge on any atom is -0.458 e. The number of carbonyl (C=O) groups excluding carboxylic acids is 2. The minimum atomic E-state index is -1.20. The lowest BCUT2D eigenvalue weighted by Gasteiger charge is -2.50. The maximum Gasteiger partial charge on any atom is 0.410 e. The second kappa shape index (κ2) is 19.4. The van der Waals surface area contributed by atoms with Gasteiger partial charge in [-0.15, -0.1) is 0 Å². The summed E-state index contributed by atoms with van der Waals surface area (Å²) in [5.41, 5.74) is -1.32. The largest absolute Gasteiger partial charge is 0.458 e. The van der Waals surface area contributed by atoms with Gasteiger partial charge in [-0.25, -0.2) is 4.79 Å². The maximum absolute atomic E-state index is 14.7. The summed E-state index contributed by atoms with van der Waals surface area (Å²) in [5, 5.41) is 23.1. The second-order valence-corrected chi connectivity index (χ2v) is 19.7. The fourth-order valence-electron chi connectivity index (χ4n) is 11.1. The molecule has 1 aromatic rings. The molecule has 5 aliphatic rings. The number of amides is 1. The van der Waals surface area contributed by atoms with Gasteiger partial charge in [0.25, 0.3) is 0 Å². The average Bonchev–Trinajstić information content (AvgIpc) is 3.35. The third-order valence-corrected chi connectivity index (χ3v) is 14.8. The zero-order valence-electron chi connectivity index (χ0n) is 39.3. The van der Waals surface area contributed by atoms with E-state index in [9.17, 15) is 19.8 Å². The Kier molecular flexibility index (Phi) is 15.2. The molecule has 1 aromatic carbocycles.